The molecule has 2 N–H and O–H groups in total. The van der Waals surface area contributed by atoms with E-state index < -0.39 is 0 Å². The molecule has 1 aliphatic rings. The highest BCUT2D eigenvalue weighted by Gasteiger charge is 2.31. The molecule has 162 valence electrons. The van der Waals surface area contributed by atoms with Crippen LogP contribution in [-0.4, -0.2) is 21.1 Å². The summed E-state index contributed by atoms with van der Waals surface area (Å²) in [5.74, 6) is -0.0723. The van der Waals surface area contributed by atoms with Crippen LogP contribution in [0.1, 0.15) is 34.6 Å². The summed E-state index contributed by atoms with van der Waals surface area (Å²) >= 11 is 1.46. The van der Waals surface area contributed by atoms with Gasteiger partial charge >= 0.3 is 0 Å². The van der Waals surface area contributed by atoms with Crippen LogP contribution in [0, 0.1) is 0 Å². The summed E-state index contributed by atoms with van der Waals surface area (Å²) in [4.78, 5) is 32.7. The summed E-state index contributed by atoms with van der Waals surface area (Å²) in [6.45, 7) is 4.51. The first-order valence-corrected chi connectivity index (χ1v) is 11.1. The maximum Gasteiger partial charge on any atom is 0.269 e. The minimum atomic E-state index is -0.342. The lowest BCUT2D eigenvalue weighted by molar-refractivity contribution is -0.0379. The van der Waals surface area contributed by atoms with Crippen molar-refractivity contribution in [2.24, 2.45) is 0 Å². The predicted molar refractivity (Wildman–Crippen MR) is 125 cm³/mol. The average molecular weight is 447 g/mol. The lowest BCUT2D eigenvalue weighted by Crippen LogP contribution is -2.34. The molecule has 2 aromatic heterocycles. The second-order valence-corrected chi connectivity index (χ2v) is 9.35. The monoisotopic (exact) mass is 446 g/mol. The topological polar surface area (TPSA) is 85.3 Å². The highest BCUT2D eigenvalue weighted by molar-refractivity contribution is 7.18. The summed E-state index contributed by atoms with van der Waals surface area (Å²) in [5, 5.41) is 0.616. The zero-order valence-corrected chi connectivity index (χ0v) is 18.5. The molecule has 0 spiro atoms. The van der Waals surface area contributed by atoms with E-state index in [0.29, 0.717) is 34.5 Å². The number of ether oxygens (including phenoxy) is 1. The van der Waals surface area contributed by atoms with Gasteiger partial charge in [0.1, 0.15) is 4.83 Å². The molecule has 8 heteroatoms. The number of nitrogens with zero attached hydrogens (tertiary/aromatic N) is 2. The van der Waals surface area contributed by atoms with E-state index >= 15 is 0 Å². The van der Waals surface area contributed by atoms with Crippen LogP contribution >= 0.6 is 11.3 Å². The molecule has 5 rings (SSSR count). The molecular formula is C24H22N4O3S. The largest absolute Gasteiger partial charge is 0.370 e. The lowest BCUT2D eigenvalue weighted by Gasteiger charge is -2.29. The Balaban J connectivity index is 1.62. The Morgan fingerprint density at radius 1 is 1.09 bits per heavy atom. The van der Waals surface area contributed by atoms with Gasteiger partial charge in [0.15, 0.2) is 0 Å². The highest BCUT2D eigenvalue weighted by atomic mass is 32.1. The summed E-state index contributed by atoms with van der Waals surface area (Å²) in [6, 6.07) is 18.1. The molecule has 1 aliphatic heterocycles. The van der Waals surface area contributed by atoms with Crippen molar-refractivity contribution >= 4 is 33.4 Å². The minimum absolute atomic E-state index is 0.173. The van der Waals surface area contributed by atoms with Crippen molar-refractivity contribution in [2.45, 2.75) is 32.5 Å². The van der Waals surface area contributed by atoms with Gasteiger partial charge in [0.2, 0.25) is 5.95 Å². The van der Waals surface area contributed by atoms with E-state index in [-0.39, 0.29) is 23.0 Å². The van der Waals surface area contributed by atoms with E-state index in [4.69, 9.17) is 9.72 Å². The summed E-state index contributed by atoms with van der Waals surface area (Å²) in [5.41, 5.74) is 7.18. The first kappa shape index (κ1) is 20.4. The van der Waals surface area contributed by atoms with Gasteiger partial charge in [0.05, 0.1) is 23.3 Å². The number of anilines is 1. The standard InChI is InChI=1S/C24H22N4O3S/c1-24(2)13-17-18(14-31-24)32-21-19(17)22(30)28(16-11-7-4-8-12-16)23(25-21)27-26-20(29)15-9-5-3-6-10-15/h3-12H,13-14H2,1-2H3,(H,25,27)(H,26,29). The van der Waals surface area contributed by atoms with E-state index in [1.807, 2.05) is 50.2 Å². The van der Waals surface area contributed by atoms with Crippen LogP contribution in [0.2, 0.25) is 0 Å². The molecule has 0 atom stereocenters. The number of nitrogens with one attached hydrogen (secondary N) is 2. The number of aromatic nitrogens is 2. The fraction of sp³-hybridized carbons (Fsp3) is 0.208. The third-order valence-electron chi connectivity index (χ3n) is 5.44. The zero-order chi connectivity index (χ0) is 22.3. The Hall–Kier alpha value is -3.49. The van der Waals surface area contributed by atoms with Crippen molar-refractivity contribution in [1.29, 1.82) is 0 Å². The Kier molecular flexibility index (Phi) is 5.03. The van der Waals surface area contributed by atoms with Gasteiger partial charge in [-0.1, -0.05) is 36.4 Å². The summed E-state index contributed by atoms with van der Waals surface area (Å²) in [7, 11) is 0. The van der Waals surface area contributed by atoms with Crippen LogP contribution in [0.25, 0.3) is 15.9 Å². The van der Waals surface area contributed by atoms with Crippen molar-refractivity contribution in [1.82, 2.24) is 15.0 Å². The summed E-state index contributed by atoms with van der Waals surface area (Å²) < 4.78 is 7.44. The number of carbonyl (C=O) groups excluding carboxylic acids is 1. The van der Waals surface area contributed by atoms with Gasteiger partial charge in [0.25, 0.3) is 11.5 Å². The second kappa shape index (κ2) is 7.89. The molecule has 0 saturated heterocycles. The van der Waals surface area contributed by atoms with Crippen molar-refractivity contribution in [2.75, 3.05) is 5.43 Å². The Bertz CT molecular complexity index is 1360. The van der Waals surface area contributed by atoms with E-state index in [1.54, 1.807) is 24.3 Å². The van der Waals surface area contributed by atoms with Crippen LogP contribution in [0.4, 0.5) is 5.95 Å². The van der Waals surface area contributed by atoms with E-state index in [0.717, 1.165) is 10.4 Å². The number of amides is 1. The van der Waals surface area contributed by atoms with Gasteiger partial charge in [-0.2, -0.15) is 0 Å². The smallest absolute Gasteiger partial charge is 0.269 e. The zero-order valence-electron chi connectivity index (χ0n) is 17.7. The first-order valence-electron chi connectivity index (χ1n) is 10.3. The van der Waals surface area contributed by atoms with Crippen molar-refractivity contribution in [3.63, 3.8) is 0 Å². The molecule has 7 nitrogen and oxygen atoms in total. The Morgan fingerprint density at radius 3 is 2.50 bits per heavy atom. The molecule has 0 bridgehead atoms. The van der Waals surface area contributed by atoms with Gasteiger partial charge < -0.3 is 4.74 Å². The molecule has 1 amide bonds. The molecule has 0 aliphatic carbocycles. The van der Waals surface area contributed by atoms with Gasteiger partial charge in [-0.15, -0.1) is 11.3 Å². The molecule has 32 heavy (non-hydrogen) atoms. The maximum absolute atomic E-state index is 13.7. The Labute approximate surface area is 188 Å². The van der Waals surface area contributed by atoms with Crippen LogP contribution in [0.5, 0.6) is 0 Å². The van der Waals surface area contributed by atoms with Crippen molar-refractivity contribution in [3.8, 4) is 5.69 Å². The Morgan fingerprint density at radius 2 is 1.78 bits per heavy atom. The number of hydrogen-bond acceptors (Lipinski definition) is 6. The number of hydrazine groups is 1. The molecular weight excluding hydrogens is 424 g/mol. The fourth-order valence-electron chi connectivity index (χ4n) is 3.87. The molecule has 0 radical (unpaired) electrons. The van der Waals surface area contributed by atoms with Gasteiger partial charge in [-0.25, -0.2) is 9.55 Å². The normalized spacial score (nSPS) is 14.7. The molecule has 4 aromatic rings. The number of benzene rings is 2. The molecule has 0 saturated carbocycles. The number of thiophene rings is 1. The second-order valence-electron chi connectivity index (χ2n) is 8.27. The predicted octanol–water partition coefficient (Wildman–Crippen LogP) is 4.06. The highest BCUT2D eigenvalue weighted by Crippen LogP contribution is 2.37. The SMILES string of the molecule is CC1(C)Cc2c(sc3nc(NNC(=O)c4ccccc4)n(-c4ccccc4)c(=O)c23)CO1. The van der Waals surface area contributed by atoms with Crippen molar-refractivity contribution in [3.05, 3.63) is 87.0 Å². The van der Waals surface area contributed by atoms with Crippen LogP contribution in [-0.2, 0) is 17.8 Å². The maximum atomic E-state index is 13.7. The third-order valence-corrected chi connectivity index (χ3v) is 6.54. The average Bonchev–Trinajstić information content (AvgIpc) is 3.15. The van der Waals surface area contributed by atoms with Crippen molar-refractivity contribution < 1.29 is 9.53 Å². The number of rotatable bonds is 4. The van der Waals surface area contributed by atoms with Gasteiger partial charge in [-0.05, 0) is 43.7 Å². The fourth-order valence-corrected chi connectivity index (χ4v) is 4.96. The van der Waals surface area contributed by atoms with Crippen LogP contribution in [0.15, 0.2) is 65.5 Å². The molecule has 2 aromatic carbocycles. The van der Waals surface area contributed by atoms with E-state index in [1.165, 1.54) is 15.9 Å². The van der Waals surface area contributed by atoms with Gasteiger partial charge in [-0.3, -0.25) is 20.4 Å². The number of carbonyl (C=O) groups is 1. The number of fused-ring (bicyclic) bond motifs is 3. The third kappa shape index (κ3) is 3.68. The molecule has 3 heterocycles. The van der Waals surface area contributed by atoms with Gasteiger partial charge in [0, 0.05) is 16.9 Å². The molecule has 0 fully saturated rings. The number of para-hydroxylation sites is 1. The van der Waals surface area contributed by atoms with Crippen LogP contribution < -0.4 is 16.4 Å². The van der Waals surface area contributed by atoms with Crippen LogP contribution in [0.3, 0.4) is 0 Å². The van der Waals surface area contributed by atoms with E-state index in [2.05, 4.69) is 10.9 Å². The first-order chi connectivity index (χ1) is 15.4. The number of hydrogen-bond donors (Lipinski definition) is 2. The molecule has 0 unspecified atom stereocenters. The van der Waals surface area contributed by atoms with E-state index in [9.17, 15) is 9.59 Å². The quantitative estimate of drug-likeness (QED) is 0.462. The minimum Gasteiger partial charge on any atom is -0.370 e. The summed E-state index contributed by atoms with van der Waals surface area (Å²) in [6.07, 6.45) is 0.644. The lowest BCUT2D eigenvalue weighted by atomic mass is 9.94.